The minimum absolute atomic E-state index is 0.0827. The highest BCUT2D eigenvalue weighted by Crippen LogP contribution is 2.08. The molecule has 0 aliphatic carbocycles. The van der Waals surface area contributed by atoms with Crippen LogP contribution in [0.25, 0.3) is 6.08 Å². The highest BCUT2D eigenvalue weighted by Gasteiger charge is 2.05. The summed E-state index contributed by atoms with van der Waals surface area (Å²) in [6, 6.07) is 0.0827. The summed E-state index contributed by atoms with van der Waals surface area (Å²) in [5.74, 6) is 0.233. The summed E-state index contributed by atoms with van der Waals surface area (Å²) in [7, 11) is 0. The van der Waals surface area contributed by atoms with Gasteiger partial charge in [0, 0.05) is 17.8 Å². The summed E-state index contributed by atoms with van der Waals surface area (Å²) < 4.78 is 1.52. The second-order valence-electron chi connectivity index (χ2n) is 3.07. The molecule has 0 fully saturated rings. The van der Waals surface area contributed by atoms with Gasteiger partial charge in [0.15, 0.2) is 0 Å². The molecule has 0 aromatic carbocycles. The maximum atomic E-state index is 11.3. The van der Waals surface area contributed by atoms with Gasteiger partial charge in [-0.25, -0.2) is 4.79 Å². The predicted molar refractivity (Wildman–Crippen MR) is 53.4 cm³/mol. The number of hydrogen-bond donors (Lipinski definition) is 1. The van der Waals surface area contributed by atoms with E-state index in [0.717, 1.165) is 0 Å². The Morgan fingerprint density at radius 3 is 2.77 bits per heavy atom. The smallest absolute Gasteiger partial charge is 0.349 e. The van der Waals surface area contributed by atoms with Gasteiger partial charge in [-0.1, -0.05) is 12.7 Å². The maximum absolute atomic E-state index is 11.3. The van der Waals surface area contributed by atoms with Crippen molar-refractivity contribution < 1.29 is 0 Å². The van der Waals surface area contributed by atoms with Crippen LogP contribution in [-0.4, -0.2) is 9.55 Å². The van der Waals surface area contributed by atoms with E-state index in [-0.39, 0.29) is 17.5 Å². The lowest BCUT2D eigenvalue weighted by atomic mass is 10.3. The molecule has 0 unspecified atom stereocenters. The summed E-state index contributed by atoms with van der Waals surface area (Å²) in [4.78, 5) is 15.0. The number of nitrogens with zero attached hydrogens (tertiary/aromatic N) is 2. The van der Waals surface area contributed by atoms with Gasteiger partial charge in [-0.3, -0.25) is 4.57 Å². The Hall–Kier alpha value is -1.58. The van der Waals surface area contributed by atoms with Gasteiger partial charge in [0.2, 0.25) is 0 Å². The minimum atomic E-state index is -0.321. The molecule has 0 radical (unpaired) electrons. The predicted octanol–water partition coefficient (Wildman–Crippen LogP) is 1.05. The van der Waals surface area contributed by atoms with Crippen LogP contribution in [0.15, 0.2) is 17.6 Å². The van der Waals surface area contributed by atoms with Crippen LogP contribution in [-0.2, 0) is 0 Å². The second kappa shape index (κ2) is 3.43. The van der Waals surface area contributed by atoms with Crippen molar-refractivity contribution in [3.8, 4) is 0 Å². The molecule has 0 atom stereocenters. The molecule has 2 N–H and O–H groups in total. The third-order valence-electron chi connectivity index (χ3n) is 1.79. The van der Waals surface area contributed by atoms with Crippen molar-refractivity contribution in [3.05, 3.63) is 28.8 Å². The maximum Gasteiger partial charge on any atom is 0.349 e. The van der Waals surface area contributed by atoms with E-state index in [1.54, 1.807) is 12.3 Å². The summed E-state index contributed by atoms with van der Waals surface area (Å²) >= 11 is 0. The van der Waals surface area contributed by atoms with Crippen molar-refractivity contribution >= 4 is 11.9 Å². The van der Waals surface area contributed by atoms with Crippen LogP contribution in [0.3, 0.4) is 0 Å². The molecular weight excluding hydrogens is 166 g/mol. The van der Waals surface area contributed by atoms with Gasteiger partial charge in [-0.15, -0.1) is 0 Å². The quantitative estimate of drug-likeness (QED) is 0.738. The second-order valence-corrected chi connectivity index (χ2v) is 3.07. The van der Waals surface area contributed by atoms with Crippen LogP contribution in [0.5, 0.6) is 0 Å². The zero-order valence-corrected chi connectivity index (χ0v) is 7.82. The van der Waals surface area contributed by atoms with Crippen molar-refractivity contribution in [3.63, 3.8) is 0 Å². The van der Waals surface area contributed by atoms with Gasteiger partial charge < -0.3 is 5.73 Å². The highest BCUT2D eigenvalue weighted by molar-refractivity contribution is 5.57. The van der Waals surface area contributed by atoms with E-state index in [9.17, 15) is 4.79 Å². The number of hydrogen-bond acceptors (Lipinski definition) is 3. The molecule has 1 aromatic rings. The Labute approximate surface area is 76.7 Å². The molecular formula is C9H13N3O. The highest BCUT2D eigenvalue weighted by atomic mass is 16.1. The molecule has 1 aromatic heterocycles. The van der Waals surface area contributed by atoms with E-state index in [4.69, 9.17) is 5.73 Å². The lowest BCUT2D eigenvalue weighted by Gasteiger charge is -2.10. The van der Waals surface area contributed by atoms with Crippen LogP contribution in [0, 0.1) is 0 Å². The van der Waals surface area contributed by atoms with Gasteiger partial charge in [0.1, 0.15) is 5.82 Å². The van der Waals surface area contributed by atoms with Gasteiger partial charge in [-0.2, -0.15) is 4.98 Å². The fraction of sp³-hybridized carbons (Fsp3) is 0.333. The van der Waals surface area contributed by atoms with E-state index in [1.807, 2.05) is 13.8 Å². The molecule has 0 amide bonds. The average molecular weight is 179 g/mol. The van der Waals surface area contributed by atoms with Gasteiger partial charge >= 0.3 is 5.69 Å². The fourth-order valence-corrected chi connectivity index (χ4v) is 1.02. The zero-order chi connectivity index (χ0) is 10.0. The normalized spacial score (nSPS) is 10.4. The molecule has 4 heteroatoms. The Balaban J connectivity index is 3.39. The zero-order valence-electron chi connectivity index (χ0n) is 7.82. The van der Waals surface area contributed by atoms with Crippen molar-refractivity contribution in [1.29, 1.82) is 0 Å². The first kappa shape index (κ1) is 9.51. The molecule has 70 valence electrons. The number of nitrogen functional groups attached to an aromatic ring is 1. The number of rotatable bonds is 2. The lowest BCUT2D eigenvalue weighted by Crippen LogP contribution is -2.25. The van der Waals surface area contributed by atoms with E-state index in [1.165, 1.54) is 4.57 Å². The first-order valence-electron chi connectivity index (χ1n) is 4.07. The Morgan fingerprint density at radius 1 is 1.69 bits per heavy atom. The lowest BCUT2D eigenvalue weighted by molar-refractivity contribution is 0.564. The largest absolute Gasteiger partial charge is 0.383 e. The topological polar surface area (TPSA) is 60.9 Å². The molecule has 0 bridgehead atoms. The van der Waals surface area contributed by atoms with Gasteiger partial charge in [0.05, 0.1) is 0 Å². The summed E-state index contributed by atoms with van der Waals surface area (Å²) in [5.41, 5.74) is 5.87. The van der Waals surface area contributed by atoms with E-state index in [0.29, 0.717) is 5.56 Å². The standard InChI is InChI=1S/C9H13N3O/c1-4-7-5-12(6(2)3)9(13)11-8(7)10/h4-6H,1H2,2-3H3,(H2,10,11,13). The monoisotopic (exact) mass is 179 g/mol. The molecule has 0 spiro atoms. The van der Waals surface area contributed by atoms with E-state index in [2.05, 4.69) is 11.6 Å². The van der Waals surface area contributed by atoms with Gasteiger partial charge in [0.25, 0.3) is 0 Å². The number of anilines is 1. The summed E-state index contributed by atoms with van der Waals surface area (Å²) in [6.45, 7) is 7.40. The Bertz CT molecular complexity index is 379. The van der Waals surface area contributed by atoms with Crippen molar-refractivity contribution in [1.82, 2.24) is 9.55 Å². The third kappa shape index (κ3) is 1.77. The van der Waals surface area contributed by atoms with Crippen LogP contribution >= 0.6 is 0 Å². The molecule has 0 saturated carbocycles. The average Bonchev–Trinajstić information content (AvgIpc) is 2.03. The summed E-state index contributed by atoms with van der Waals surface area (Å²) in [6.07, 6.45) is 3.25. The molecule has 0 saturated heterocycles. The van der Waals surface area contributed by atoms with Crippen LogP contribution in [0.1, 0.15) is 25.5 Å². The van der Waals surface area contributed by atoms with E-state index < -0.39 is 0 Å². The molecule has 1 heterocycles. The number of nitrogens with two attached hydrogens (primary N) is 1. The van der Waals surface area contributed by atoms with Crippen molar-refractivity contribution in [2.45, 2.75) is 19.9 Å². The molecule has 13 heavy (non-hydrogen) atoms. The SMILES string of the molecule is C=Cc1cn(C(C)C)c(=O)nc1N. The van der Waals surface area contributed by atoms with Crippen molar-refractivity contribution in [2.75, 3.05) is 5.73 Å². The van der Waals surface area contributed by atoms with E-state index >= 15 is 0 Å². The summed E-state index contributed by atoms with van der Waals surface area (Å²) in [5, 5.41) is 0. The minimum Gasteiger partial charge on any atom is -0.383 e. The van der Waals surface area contributed by atoms with Crippen LogP contribution in [0.2, 0.25) is 0 Å². The first-order chi connectivity index (χ1) is 6.06. The van der Waals surface area contributed by atoms with Crippen LogP contribution < -0.4 is 11.4 Å². The Morgan fingerprint density at radius 2 is 2.31 bits per heavy atom. The van der Waals surface area contributed by atoms with Crippen molar-refractivity contribution in [2.24, 2.45) is 0 Å². The Kier molecular flexibility index (Phi) is 2.51. The molecule has 0 aliphatic heterocycles. The first-order valence-corrected chi connectivity index (χ1v) is 4.07. The molecule has 4 nitrogen and oxygen atoms in total. The molecule has 1 rings (SSSR count). The van der Waals surface area contributed by atoms with Gasteiger partial charge in [-0.05, 0) is 13.8 Å². The number of aromatic nitrogens is 2. The molecule has 0 aliphatic rings. The van der Waals surface area contributed by atoms with Crippen LogP contribution in [0.4, 0.5) is 5.82 Å². The third-order valence-corrected chi connectivity index (χ3v) is 1.79. The fourth-order valence-electron chi connectivity index (χ4n) is 1.02.